The van der Waals surface area contributed by atoms with Crippen molar-refractivity contribution < 1.29 is 21.8 Å². The number of sulfonamides is 1. The molecule has 1 atom stereocenters. The van der Waals surface area contributed by atoms with Crippen molar-refractivity contribution in [1.82, 2.24) is 18.2 Å². The highest BCUT2D eigenvalue weighted by Crippen LogP contribution is 2.36. The van der Waals surface area contributed by atoms with E-state index in [1.807, 2.05) is 13.8 Å². The number of anilines is 1. The van der Waals surface area contributed by atoms with Crippen LogP contribution < -0.4 is 5.32 Å². The van der Waals surface area contributed by atoms with E-state index in [0.29, 0.717) is 28.6 Å². The molecule has 0 saturated carbocycles. The molecule has 234 valence electrons. The van der Waals surface area contributed by atoms with E-state index in [0.717, 1.165) is 12.1 Å². The van der Waals surface area contributed by atoms with Crippen molar-refractivity contribution in [2.24, 2.45) is 0 Å². The van der Waals surface area contributed by atoms with Crippen molar-refractivity contribution >= 4 is 54.2 Å². The molecule has 1 unspecified atom stereocenters. The van der Waals surface area contributed by atoms with Gasteiger partial charge in [-0.3, -0.25) is 10.1 Å². The van der Waals surface area contributed by atoms with E-state index in [4.69, 9.17) is 11.6 Å². The predicted molar refractivity (Wildman–Crippen MR) is 172 cm³/mol. The van der Waals surface area contributed by atoms with Crippen LogP contribution in [-0.4, -0.2) is 59.1 Å². The lowest BCUT2D eigenvalue weighted by Crippen LogP contribution is -2.32. The zero-order valence-corrected chi connectivity index (χ0v) is 26.6. The smallest absolute Gasteiger partial charge is 0.269 e. The summed E-state index contributed by atoms with van der Waals surface area (Å²) in [5.41, 5.74) is 1.05. The molecule has 1 aliphatic heterocycles. The molecule has 45 heavy (non-hydrogen) atoms. The normalized spacial score (nSPS) is 15.4. The quantitative estimate of drug-likeness (QED) is 0.159. The summed E-state index contributed by atoms with van der Waals surface area (Å²) < 4.78 is 55.8. The van der Waals surface area contributed by atoms with Crippen LogP contribution in [-0.2, 0) is 20.0 Å². The van der Waals surface area contributed by atoms with Gasteiger partial charge in [-0.05, 0) is 36.8 Å². The summed E-state index contributed by atoms with van der Waals surface area (Å²) in [5.74, 6) is 0.196. The number of hydrogen-bond acceptors (Lipinski definition) is 9. The Morgan fingerprint density at radius 2 is 1.56 bits per heavy atom. The van der Waals surface area contributed by atoms with Crippen LogP contribution in [0, 0.1) is 10.1 Å². The summed E-state index contributed by atoms with van der Waals surface area (Å²) >= 11 is 6.53. The minimum atomic E-state index is -3.93. The minimum absolute atomic E-state index is 0.0365. The Bertz CT molecular complexity index is 2070. The molecule has 3 aromatic carbocycles. The number of nitrogens with zero attached hydrogens (tertiary/aromatic N) is 5. The molecular formula is C30H29ClN6O6S2. The van der Waals surface area contributed by atoms with Crippen LogP contribution in [0.1, 0.15) is 20.3 Å². The third-order valence-electron chi connectivity index (χ3n) is 7.15. The largest absolute Gasteiger partial charge is 0.350 e. The van der Waals surface area contributed by atoms with Crippen molar-refractivity contribution in [3.63, 3.8) is 0 Å². The van der Waals surface area contributed by atoms with Crippen LogP contribution in [0.4, 0.5) is 11.6 Å². The number of para-hydroxylation sites is 1. The summed E-state index contributed by atoms with van der Waals surface area (Å²) in [4.78, 5) is 19.3. The third-order valence-corrected chi connectivity index (χ3v) is 11.0. The highest BCUT2D eigenvalue weighted by molar-refractivity contribution is 7.90. The number of fused-ring (bicyclic) bond motifs is 1. The summed E-state index contributed by atoms with van der Waals surface area (Å²) in [6.45, 7) is 4.34. The molecule has 1 N–H and O–H groups in total. The molecule has 12 nitrogen and oxygen atoms in total. The Morgan fingerprint density at radius 3 is 2.24 bits per heavy atom. The topological polar surface area (TPSA) is 157 Å². The second kappa shape index (κ2) is 12.9. The molecule has 6 rings (SSSR count). The lowest BCUT2D eigenvalue weighted by atomic mass is 10.1. The van der Waals surface area contributed by atoms with Gasteiger partial charge < -0.3 is 5.32 Å². The van der Waals surface area contributed by atoms with Gasteiger partial charge in [-0.15, -0.1) is 0 Å². The lowest BCUT2D eigenvalue weighted by molar-refractivity contribution is -0.384. The SMILES string of the molecule is CC.O=[N+]([O-])c1ccc(S(=O)(=O)N2CCC(Nc3ncc(Cl)c(-c4cn(S(=O)(=O)c5ccccc5)c5ccccc45)n3)C2)cc1. The van der Waals surface area contributed by atoms with E-state index in [2.05, 4.69) is 15.3 Å². The second-order valence-electron chi connectivity index (χ2n) is 9.81. The van der Waals surface area contributed by atoms with Crippen LogP contribution >= 0.6 is 11.6 Å². The van der Waals surface area contributed by atoms with E-state index in [1.54, 1.807) is 42.5 Å². The van der Waals surface area contributed by atoms with E-state index in [9.17, 15) is 26.9 Å². The fraction of sp³-hybridized carbons (Fsp3) is 0.200. The van der Waals surface area contributed by atoms with Gasteiger partial charge in [0.25, 0.3) is 15.7 Å². The molecule has 2 aromatic heterocycles. The van der Waals surface area contributed by atoms with Gasteiger partial charge in [0, 0.05) is 48.4 Å². The van der Waals surface area contributed by atoms with Gasteiger partial charge in [-0.2, -0.15) is 4.31 Å². The molecule has 1 fully saturated rings. The number of aromatic nitrogens is 3. The standard InChI is InChI=1S/C28H23ClN6O6S2.C2H6/c29-25-16-30-28(31-19-14-15-33(17-19)42(38,39)22-12-10-20(11-13-22)35(36)37)32-27(25)24-18-34(26-9-5-4-8-23(24)26)43(40,41)21-6-2-1-3-7-21;1-2/h1-13,16,18-19H,14-15,17H2,(H,30,31,32);1-2H3. The summed E-state index contributed by atoms with van der Waals surface area (Å²) in [6, 6.07) is 19.5. The number of halogens is 1. The number of nitro groups is 1. The maximum Gasteiger partial charge on any atom is 0.269 e. The zero-order valence-electron chi connectivity index (χ0n) is 24.2. The fourth-order valence-corrected chi connectivity index (χ4v) is 8.09. The summed E-state index contributed by atoms with van der Waals surface area (Å²) in [7, 11) is -7.80. The second-order valence-corrected chi connectivity index (χ2v) is 14.0. The van der Waals surface area contributed by atoms with E-state index in [1.165, 1.54) is 44.9 Å². The van der Waals surface area contributed by atoms with Gasteiger partial charge in [0.15, 0.2) is 0 Å². The molecule has 0 bridgehead atoms. The van der Waals surface area contributed by atoms with Gasteiger partial charge in [0.1, 0.15) is 0 Å². The van der Waals surface area contributed by atoms with Crippen molar-refractivity contribution in [3.05, 3.63) is 106 Å². The van der Waals surface area contributed by atoms with E-state index in [-0.39, 0.29) is 45.6 Å². The minimum Gasteiger partial charge on any atom is -0.350 e. The van der Waals surface area contributed by atoms with Crippen LogP contribution in [0.2, 0.25) is 5.02 Å². The molecule has 15 heteroatoms. The van der Waals surface area contributed by atoms with Crippen molar-refractivity contribution in [2.45, 2.75) is 36.1 Å². The van der Waals surface area contributed by atoms with E-state index < -0.39 is 25.0 Å². The molecule has 0 radical (unpaired) electrons. The van der Waals surface area contributed by atoms with Crippen molar-refractivity contribution in [3.8, 4) is 11.3 Å². The highest BCUT2D eigenvalue weighted by atomic mass is 35.5. The number of non-ortho nitro benzene ring substituents is 1. The van der Waals surface area contributed by atoms with Gasteiger partial charge in [0.2, 0.25) is 16.0 Å². The molecule has 3 heterocycles. The lowest BCUT2D eigenvalue weighted by Gasteiger charge is -2.17. The van der Waals surface area contributed by atoms with Gasteiger partial charge >= 0.3 is 0 Å². The predicted octanol–water partition coefficient (Wildman–Crippen LogP) is 5.80. The van der Waals surface area contributed by atoms with Crippen LogP contribution in [0.5, 0.6) is 0 Å². The molecule has 5 aromatic rings. The molecule has 0 amide bonds. The third kappa shape index (κ3) is 6.27. The van der Waals surface area contributed by atoms with E-state index >= 15 is 0 Å². The zero-order chi connectivity index (χ0) is 32.4. The first-order valence-corrected chi connectivity index (χ1v) is 17.3. The van der Waals surface area contributed by atoms with Gasteiger partial charge in [-0.1, -0.05) is 61.8 Å². The highest BCUT2D eigenvalue weighted by Gasteiger charge is 2.33. The number of rotatable bonds is 8. The molecule has 1 aliphatic rings. The number of hydrogen-bond donors (Lipinski definition) is 1. The molecule has 0 spiro atoms. The first-order chi connectivity index (χ1) is 21.6. The Hall–Kier alpha value is -4.37. The first kappa shape index (κ1) is 32.0. The fourth-order valence-electron chi connectivity index (χ4n) is 5.00. The Kier molecular flexibility index (Phi) is 9.20. The number of nitro benzene ring substituents is 1. The molecule has 0 aliphatic carbocycles. The molecule has 1 saturated heterocycles. The Labute approximate surface area is 265 Å². The van der Waals surface area contributed by atoms with Gasteiger partial charge in [0.05, 0.1) is 37.1 Å². The number of benzene rings is 3. The van der Waals surface area contributed by atoms with Crippen molar-refractivity contribution in [1.29, 1.82) is 0 Å². The van der Waals surface area contributed by atoms with Crippen molar-refractivity contribution in [2.75, 3.05) is 18.4 Å². The van der Waals surface area contributed by atoms with Crippen LogP contribution in [0.25, 0.3) is 22.2 Å². The summed E-state index contributed by atoms with van der Waals surface area (Å²) in [6.07, 6.45) is 3.35. The molecular weight excluding hydrogens is 640 g/mol. The van der Waals surface area contributed by atoms with Gasteiger partial charge in [-0.25, -0.2) is 30.8 Å². The average Bonchev–Trinajstić information content (AvgIpc) is 3.69. The van der Waals surface area contributed by atoms with Crippen LogP contribution in [0.15, 0.2) is 101 Å². The average molecular weight is 669 g/mol. The first-order valence-electron chi connectivity index (χ1n) is 14.0. The Morgan fingerprint density at radius 1 is 0.911 bits per heavy atom. The maximum atomic E-state index is 13.5. The summed E-state index contributed by atoms with van der Waals surface area (Å²) in [5, 5.41) is 14.9. The maximum absolute atomic E-state index is 13.5. The van der Waals surface area contributed by atoms with Crippen LogP contribution in [0.3, 0.4) is 0 Å². The number of nitrogens with one attached hydrogen (secondary N) is 1. The monoisotopic (exact) mass is 668 g/mol. The Balaban J connectivity index is 0.00000196.